The topological polar surface area (TPSA) is 112 Å². The third kappa shape index (κ3) is 3.76. The number of benzene rings is 1. The molecule has 0 saturated heterocycles. The van der Waals surface area contributed by atoms with Gasteiger partial charge < -0.3 is 20.2 Å². The highest BCUT2D eigenvalue weighted by Crippen LogP contribution is 2.30. The zero-order valence-electron chi connectivity index (χ0n) is 11.6. The maximum Gasteiger partial charge on any atom is 0.336 e. The van der Waals surface area contributed by atoms with Gasteiger partial charge in [-0.2, -0.15) is 0 Å². The van der Waals surface area contributed by atoms with E-state index in [1.807, 2.05) is 0 Å². The van der Waals surface area contributed by atoms with Crippen LogP contribution in [-0.4, -0.2) is 25.0 Å². The highest BCUT2D eigenvalue weighted by Gasteiger charge is 2.11. The summed E-state index contributed by atoms with van der Waals surface area (Å²) >= 11 is 6.08. The Morgan fingerprint density at radius 2 is 2.09 bits per heavy atom. The van der Waals surface area contributed by atoms with Crippen LogP contribution in [-0.2, 0) is 9.59 Å². The Hall–Kier alpha value is -2.54. The van der Waals surface area contributed by atoms with E-state index in [4.69, 9.17) is 26.5 Å². The SMILES string of the molecule is Cc1cc(=O)oc2cc(OCC(=O)NCC(N)=O)c(Cl)cc12. The molecule has 3 N–H and O–H groups in total. The first kappa shape index (κ1) is 15.8. The van der Waals surface area contributed by atoms with Crippen LogP contribution in [0.3, 0.4) is 0 Å². The summed E-state index contributed by atoms with van der Waals surface area (Å²) in [5.74, 6) is -0.993. The standard InChI is InChI=1S/C14H13ClN2O5/c1-7-2-14(20)22-10-4-11(9(15)3-8(7)10)21-6-13(19)17-5-12(16)18/h2-4H,5-6H2,1H3,(H2,16,18)(H,17,19). The van der Waals surface area contributed by atoms with E-state index in [-0.39, 0.29) is 23.9 Å². The molecule has 0 aliphatic heterocycles. The van der Waals surface area contributed by atoms with Gasteiger partial charge in [-0.15, -0.1) is 0 Å². The second-order valence-electron chi connectivity index (χ2n) is 4.56. The Labute approximate surface area is 130 Å². The van der Waals surface area contributed by atoms with Crippen LogP contribution in [0, 0.1) is 6.92 Å². The molecule has 0 saturated carbocycles. The summed E-state index contributed by atoms with van der Waals surface area (Å²) in [7, 11) is 0. The molecule has 0 aliphatic rings. The van der Waals surface area contributed by atoms with Crippen LogP contribution >= 0.6 is 11.6 Å². The number of ether oxygens (including phenoxy) is 1. The molecular formula is C14H13ClN2O5. The number of carbonyl (C=O) groups is 2. The lowest BCUT2D eigenvalue weighted by Gasteiger charge is -2.09. The van der Waals surface area contributed by atoms with Crippen LogP contribution in [0.25, 0.3) is 11.0 Å². The molecule has 8 heteroatoms. The minimum absolute atomic E-state index is 0.192. The molecule has 0 bridgehead atoms. The number of rotatable bonds is 5. The number of primary amides is 1. The van der Waals surface area contributed by atoms with Gasteiger partial charge in [-0.1, -0.05) is 11.6 Å². The average molecular weight is 325 g/mol. The van der Waals surface area contributed by atoms with Crippen molar-refractivity contribution in [2.45, 2.75) is 6.92 Å². The van der Waals surface area contributed by atoms with Crippen molar-refractivity contribution in [2.75, 3.05) is 13.2 Å². The van der Waals surface area contributed by atoms with Crippen LogP contribution in [0.1, 0.15) is 5.56 Å². The van der Waals surface area contributed by atoms with Gasteiger partial charge in [0.2, 0.25) is 5.91 Å². The maximum absolute atomic E-state index is 11.4. The van der Waals surface area contributed by atoms with E-state index in [2.05, 4.69) is 5.32 Å². The molecular weight excluding hydrogens is 312 g/mol. The van der Waals surface area contributed by atoms with Crippen molar-refractivity contribution >= 4 is 34.4 Å². The quantitative estimate of drug-likeness (QED) is 0.788. The second kappa shape index (κ2) is 6.48. The fourth-order valence-electron chi connectivity index (χ4n) is 1.81. The van der Waals surface area contributed by atoms with Crippen LogP contribution < -0.4 is 21.4 Å². The van der Waals surface area contributed by atoms with Crippen molar-refractivity contribution in [1.29, 1.82) is 0 Å². The molecule has 116 valence electrons. The molecule has 1 aromatic heterocycles. The van der Waals surface area contributed by atoms with Crippen molar-refractivity contribution in [3.63, 3.8) is 0 Å². The van der Waals surface area contributed by atoms with Gasteiger partial charge in [-0.25, -0.2) is 4.79 Å². The molecule has 1 heterocycles. The van der Waals surface area contributed by atoms with Gasteiger partial charge in [-0.05, 0) is 18.6 Å². The van der Waals surface area contributed by atoms with E-state index in [9.17, 15) is 14.4 Å². The van der Waals surface area contributed by atoms with E-state index in [0.717, 1.165) is 5.56 Å². The maximum atomic E-state index is 11.4. The van der Waals surface area contributed by atoms with Crippen molar-refractivity contribution in [3.05, 3.63) is 39.2 Å². The van der Waals surface area contributed by atoms with Gasteiger partial charge in [0.25, 0.3) is 5.91 Å². The molecule has 1 aromatic carbocycles. The third-order valence-electron chi connectivity index (χ3n) is 2.82. The molecule has 2 amide bonds. The molecule has 0 aliphatic carbocycles. The minimum atomic E-state index is -0.658. The van der Waals surface area contributed by atoms with Gasteiger partial charge in [0.15, 0.2) is 6.61 Å². The molecule has 0 radical (unpaired) electrons. The first-order valence-electron chi connectivity index (χ1n) is 6.28. The van der Waals surface area contributed by atoms with Crippen LogP contribution in [0.5, 0.6) is 5.75 Å². The monoisotopic (exact) mass is 324 g/mol. The van der Waals surface area contributed by atoms with Crippen molar-refractivity contribution in [2.24, 2.45) is 5.73 Å². The molecule has 2 rings (SSSR count). The number of nitrogens with two attached hydrogens (primary N) is 1. The molecule has 22 heavy (non-hydrogen) atoms. The van der Waals surface area contributed by atoms with E-state index >= 15 is 0 Å². The largest absolute Gasteiger partial charge is 0.482 e. The predicted octanol–water partition coefficient (Wildman–Crippen LogP) is 0.735. The first-order chi connectivity index (χ1) is 10.4. The van der Waals surface area contributed by atoms with Crippen molar-refractivity contribution in [1.82, 2.24) is 5.32 Å². The second-order valence-corrected chi connectivity index (χ2v) is 4.97. The number of hydrogen-bond donors (Lipinski definition) is 2. The van der Waals surface area contributed by atoms with Gasteiger partial charge >= 0.3 is 5.63 Å². The molecule has 0 atom stereocenters. The number of halogens is 1. The summed E-state index contributed by atoms with van der Waals surface area (Å²) in [6.45, 7) is 1.13. The number of hydrogen-bond acceptors (Lipinski definition) is 5. The van der Waals surface area contributed by atoms with Gasteiger partial charge in [0.1, 0.15) is 11.3 Å². The highest BCUT2D eigenvalue weighted by atomic mass is 35.5. The normalized spacial score (nSPS) is 10.5. The molecule has 0 spiro atoms. The Balaban J connectivity index is 2.18. The van der Waals surface area contributed by atoms with E-state index < -0.39 is 17.4 Å². The number of aryl methyl sites for hydroxylation is 1. The molecule has 0 unspecified atom stereocenters. The predicted molar refractivity (Wildman–Crippen MR) is 79.9 cm³/mol. The minimum Gasteiger partial charge on any atom is -0.482 e. The number of nitrogens with one attached hydrogen (secondary N) is 1. The van der Waals surface area contributed by atoms with E-state index in [1.165, 1.54) is 12.1 Å². The zero-order valence-corrected chi connectivity index (χ0v) is 12.4. The molecule has 7 nitrogen and oxygen atoms in total. The Bertz CT molecular complexity index is 800. The Morgan fingerprint density at radius 3 is 2.77 bits per heavy atom. The highest BCUT2D eigenvalue weighted by molar-refractivity contribution is 6.32. The lowest BCUT2D eigenvalue weighted by atomic mass is 10.1. The molecule has 2 aromatic rings. The lowest BCUT2D eigenvalue weighted by Crippen LogP contribution is -2.36. The van der Waals surface area contributed by atoms with Gasteiger partial charge in [0, 0.05) is 17.5 Å². The number of carbonyl (C=O) groups excluding carboxylic acids is 2. The summed E-state index contributed by atoms with van der Waals surface area (Å²) in [4.78, 5) is 33.4. The average Bonchev–Trinajstić information content (AvgIpc) is 2.43. The Kier molecular flexibility index (Phi) is 4.67. The fourth-order valence-corrected chi connectivity index (χ4v) is 2.03. The summed E-state index contributed by atoms with van der Waals surface area (Å²) in [5, 5.41) is 3.22. The summed E-state index contributed by atoms with van der Waals surface area (Å²) in [5.41, 5.74) is 5.45. The van der Waals surface area contributed by atoms with Gasteiger partial charge in [-0.3, -0.25) is 9.59 Å². The zero-order chi connectivity index (χ0) is 16.3. The first-order valence-corrected chi connectivity index (χ1v) is 6.66. The van der Waals surface area contributed by atoms with E-state index in [1.54, 1.807) is 13.0 Å². The van der Waals surface area contributed by atoms with Crippen molar-refractivity contribution < 1.29 is 18.7 Å². The third-order valence-corrected chi connectivity index (χ3v) is 3.12. The van der Waals surface area contributed by atoms with Crippen molar-refractivity contribution in [3.8, 4) is 5.75 Å². The van der Waals surface area contributed by atoms with Crippen LogP contribution in [0.4, 0.5) is 0 Å². The smallest absolute Gasteiger partial charge is 0.336 e. The number of fused-ring (bicyclic) bond motifs is 1. The number of amides is 2. The van der Waals surface area contributed by atoms with Crippen LogP contribution in [0.15, 0.2) is 27.4 Å². The van der Waals surface area contributed by atoms with E-state index in [0.29, 0.717) is 11.0 Å². The van der Waals surface area contributed by atoms with Crippen LogP contribution in [0.2, 0.25) is 5.02 Å². The fraction of sp³-hybridized carbons (Fsp3) is 0.214. The van der Waals surface area contributed by atoms with Gasteiger partial charge in [0.05, 0.1) is 11.6 Å². The summed E-state index contributed by atoms with van der Waals surface area (Å²) < 4.78 is 10.3. The lowest BCUT2D eigenvalue weighted by molar-refractivity contribution is -0.126. The summed E-state index contributed by atoms with van der Waals surface area (Å²) in [6.07, 6.45) is 0. The Morgan fingerprint density at radius 1 is 1.36 bits per heavy atom. The molecule has 0 fully saturated rings. The summed E-state index contributed by atoms with van der Waals surface area (Å²) in [6, 6.07) is 4.38.